The Morgan fingerprint density at radius 2 is 1.79 bits per heavy atom. The number of rotatable bonds is 5. The van der Waals surface area contributed by atoms with E-state index in [0.717, 1.165) is 19.1 Å². The molecule has 6 nitrogen and oxygen atoms in total. The standard InChI is InChI=1S/C19H14F3N3O3/c1-18(27,11-28-15-6-2-12(9-23)3-7-15)17(26)25-14-5-4-13(10-24)16(8-14)19(20,21)22/h2-8,27H,11H2,1H3,(H,25,26). The van der Waals surface area contributed by atoms with Gasteiger partial charge in [0.05, 0.1) is 28.8 Å². The van der Waals surface area contributed by atoms with E-state index in [0.29, 0.717) is 17.4 Å². The lowest BCUT2D eigenvalue weighted by atomic mass is 10.1. The molecule has 0 saturated heterocycles. The Morgan fingerprint density at radius 3 is 2.32 bits per heavy atom. The van der Waals surface area contributed by atoms with Crippen molar-refractivity contribution >= 4 is 11.6 Å². The maximum atomic E-state index is 13.0. The van der Waals surface area contributed by atoms with Gasteiger partial charge >= 0.3 is 6.18 Å². The molecule has 0 spiro atoms. The minimum absolute atomic E-state index is 0.227. The Morgan fingerprint density at radius 1 is 1.14 bits per heavy atom. The summed E-state index contributed by atoms with van der Waals surface area (Å²) >= 11 is 0. The number of amides is 1. The summed E-state index contributed by atoms with van der Waals surface area (Å²) < 4.78 is 44.3. The number of halogens is 3. The molecule has 0 bridgehead atoms. The average Bonchev–Trinajstić information content (AvgIpc) is 2.66. The lowest BCUT2D eigenvalue weighted by Crippen LogP contribution is -2.45. The van der Waals surface area contributed by atoms with E-state index < -0.39 is 35.4 Å². The van der Waals surface area contributed by atoms with Crippen LogP contribution in [0.1, 0.15) is 23.6 Å². The highest BCUT2D eigenvalue weighted by Gasteiger charge is 2.35. The van der Waals surface area contributed by atoms with Crippen LogP contribution in [0.3, 0.4) is 0 Å². The lowest BCUT2D eigenvalue weighted by Gasteiger charge is -2.23. The van der Waals surface area contributed by atoms with Crippen molar-refractivity contribution in [3.63, 3.8) is 0 Å². The highest BCUT2D eigenvalue weighted by molar-refractivity contribution is 5.97. The molecule has 2 aromatic rings. The van der Waals surface area contributed by atoms with Crippen molar-refractivity contribution < 1.29 is 27.8 Å². The minimum Gasteiger partial charge on any atom is -0.490 e. The van der Waals surface area contributed by atoms with E-state index in [1.807, 2.05) is 6.07 Å². The molecule has 0 heterocycles. The number of anilines is 1. The number of benzene rings is 2. The molecule has 0 aliphatic carbocycles. The maximum Gasteiger partial charge on any atom is 0.417 e. The molecule has 0 aliphatic heterocycles. The summed E-state index contributed by atoms with van der Waals surface area (Å²) in [4.78, 5) is 12.2. The molecular weight excluding hydrogens is 375 g/mol. The number of carbonyl (C=O) groups is 1. The van der Waals surface area contributed by atoms with Gasteiger partial charge in [-0.15, -0.1) is 0 Å². The third-order valence-electron chi connectivity index (χ3n) is 3.70. The van der Waals surface area contributed by atoms with Crippen molar-refractivity contribution in [2.75, 3.05) is 11.9 Å². The molecule has 2 rings (SSSR count). The van der Waals surface area contributed by atoms with Gasteiger partial charge in [-0.1, -0.05) is 0 Å². The molecule has 1 atom stereocenters. The average molecular weight is 389 g/mol. The van der Waals surface area contributed by atoms with Gasteiger partial charge in [-0.3, -0.25) is 4.79 Å². The van der Waals surface area contributed by atoms with E-state index in [-0.39, 0.29) is 5.69 Å². The summed E-state index contributed by atoms with van der Waals surface area (Å²) in [6.45, 7) is 0.660. The molecule has 9 heteroatoms. The molecule has 2 N–H and O–H groups in total. The summed E-state index contributed by atoms with van der Waals surface area (Å²) in [7, 11) is 0. The molecule has 1 unspecified atom stereocenters. The molecular formula is C19H14F3N3O3. The predicted molar refractivity (Wildman–Crippen MR) is 92.1 cm³/mol. The van der Waals surface area contributed by atoms with Gasteiger partial charge in [-0.2, -0.15) is 23.7 Å². The minimum atomic E-state index is -4.77. The van der Waals surface area contributed by atoms with Gasteiger partial charge in [0.25, 0.3) is 5.91 Å². The van der Waals surface area contributed by atoms with Crippen molar-refractivity contribution in [1.29, 1.82) is 10.5 Å². The van der Waals surface area contributed by atoms with Crippen LogP contribution in [-0.2, 0) is 11.0 Å². The van der Waals surface area contributed by atoms with Gasteiger partial charge in [-0.25, -0.2) is 0 Å². The Bertz CT molecular complexity index is 956. The van der Waals surface area contributed by atoms with E-state index in [1.165, 1.54) is 30.3 Å². The molecule has 1 amide bonds. The van der Waals surface area contributed by atoms with Crippen molar-refractivity contribution in [2.45, 2.75) is 18.7 Å². The highest BCUT2D eigenvalue weighted by atomic mass is 19.4. The molecule has 0 fully saturated rings. The molecule has 0 saturated carbocycles. The summed E-state index contributed by atoms with van der Waals surface area (Å²) in [5.41, 5.74) is -3.66. The molecule has 0 aromatic heterocycles. The predicted octanol–water partition coefficient (Wildman–Crippen LogP) is 3.22. The number of nitrogens with zero attached hydrogens (tertiary/aromatic N) is 2. The van der Waals surface area contributed by atoms with Crippen LogP contribution in [0, 0.1) is 22.7 Å². The number of hydrogen-bond donors (Lipinski definition) is 2. The van der Waals surface area contributed by atoms with Crippen molar-refractivity contribution in [3.05, 3.63) is 59.2 Å². The maximum absolute atomic E-state index is 13.0. The van der Waals surface area contributed by atoms with Crippen LogP contribution in [0.25, 0.3) is 0 Å². The van der Waals surface area contributed by atoms with Gasteiger partial charge in [0.1, 0.15) is 12.4 Å². The third-order valence-corrected chi connectivity index (χ3v) is 3.70. The fourth-order valence-electron chi connectivity index (χ4n) is 2.13. The third kappa shape index (κ3) is 5.00. The van der Waals surface area contributed by atoms with Gasteiger partial charge in [0, 0.05) is 5.69 Å². The van der Waals surface area contributed by atoms with Crippen LogP contribution in [0.4, 0.5) is 18.9 Å². The highest BCUT2D eigenvalue weighted by Crippen LogP contribution is 2.33. The summed E-state index contributed by atoms with van der Waals surface area (Å²) in [5, 5.41) is 30.0. The second-order valence-corrected chi connectivity index (χ2v) is 6.02. The fraction of sp³-hybridized carbons (Fsp3) is 0.211. The number of carbonyl (C=O) groups excluding carboxylic acids is 1. The summed E-state index contributed by atoms with van der Waals surface area (Å²) in [5.74, 6) is -0.691. The quantitative estimate of drug-likeness (QED) is 0.817. The van der Waals surface area contributed by atoms with Crippen molar-refractivity contribution in [2.24, 2.45) is 0 Å². The smallest absolute Gasteiger partial charge is 0.417 e. The van der Waals surface area contributed by atoms with Crippen LogP contribution in [-0.4, -0.2) is 23.2 Å². The van der Waals surface area contributed by atoms with Crippen molar-refractivity contribution in [3.8, 4) is 17.9 Å². The summed E-state index contributed by atoms with van der Waals surface area (Å²) in [6.07, 6.45) is -4.77. The second kappa shape index (κ2) is 7.99. The monoisotopic (exact) mass is 389 g/mol. The van der Waals surface area contributed by atoms with Crippen LogP contribution in [0.2, 0.25) is 0 Å². The zero-order valence-corrected chi connectivity index (χ0v) is 14.5. The number of nitriles is 2. The van der Waals surface area contributed by atoms with E-state index in [9.17, 15) is 23.1 Å². The summed E-state index contributed by atoms with van der Waals surface area (Å²) in [6, 6.07) is 12.0. The van der Waals surface area contributed by atoms with E-state index in [1.54, 1.807) is 0 Å². The SMILES string of the molecule is CC(O)(COc1ccc(C#N)cc1)C(=O)Nc1ccc(C#N)c(C(F)(F)F)c1. The fourth-order valence-corrected chi connectivity index (χ4v) is 2.13. The molecule has 0 aliphatic rings. The normalized spacial score (nSPS) is 13.0. The van der Waals surface area contributed by atoms with Gasteiger partial charge < -0.3 is 15.2 Å². The first-order valence-corrected chi connectivity index (χ1v) is 7.85. The van der Waals surface area contributed by atoms with Gasteiger partial charge in [0.15, 0.2) is 5.60 Å². The first-order valence-electron chi connectivity index (χ1n) is 7.85. The Balaban J connectivity index is 2.10. The Labute approximate surface area is 158 Å². The largest absolute Gasteiger partial charge is 0.490 e. The van der Waals surface area contributed by atoms with Crippen LogP contribution >= 0.6 is 0 Å². The lowest BCUT2D eigenvalue weighted by molar-refractivity contribution is -0.138. The van der Waals surface area contributed by atoms with Crippen LogP contribution in [0.15, 0.2) is 42.5 Å². The van der Waals surface area contributed by atoms with E-state index in [2.05, 4.69) is 5.32 Å². The molecule has 0 radical (unpaired) electrons. The van der Waals surface area contributed by atoms with Crippen molar-refractivity contribution in [1.82, 2.24) is 0 Å². The van der Waals surface area contributed by atoms with Crippen LogP contribution < -0.4 is 10.1 Å². The van der Waals surface area contributed by atoms with Gasteiger partial charge in [0.2, 0.25) is 0 Å². The first kappa shape index (κ1) is 20.7. The number of alkyl halides is 3. The molecule has 2 aromatic carbocycles. The van der Waals surface area contributed by atoms with E-state index >= 15 is 0 Å². The first-order chi connectivity index (χ1) is 13.1. The Kier molecular flexibility index (Phi) is 5.92. The van der Waals surface area contributed by atoms with Gasteiger partial charge in [-0.05, 0) is 49.4 Å². The number of nitrogens with one attached hydrogen (secondary N) is 1. The zero-order valence-electron chi connectivity index (χ0n) is 14.5. The second-order valence-electron chi connectivity index (χ2n) is 6.02. The topological polar surface area (TPSA) is 106 Å². The zero-order chi connectivity index (χ0) is 20.9. The Hall–Kier alpha value is -3.56. The molecule has 28 heavy (non-hydrogen) atoms. The van der Waals surface area contributed by atoms with E-state index in [4.69, 9.17) is 15.3 Å². The van der Waals surface area contributed by atoms with Crippen LogP contribution in [0.5, 0.6) is 5.75 Å². The number of aliphatic hydroxyl groups is 1. The number of ether oxygens (including phenoxy) is 1. The molecule has 144 valence electrons. The number of hydrogen-bond acceptors (Lipinski definition) is 5.